The maximum atomic E-state index is 4.61. The summed E-state index contributed by atoms with van der Waals surface area (Å²) in [7, 11) is 4.05. The second kappa shape index (κ2) is 7.23. The Kier molecular flexibility index (Phi) is 5.59. The van der Waals surface area contributed by atoms with E-state index in [0.717, 1.165) is 25.1 Å². The third kappa shape index (κ3) is 3.55. The van der Waals surface area contributed by atoms with E-state index in [0.29, 0.717) is 5.92 Å². The smallest absolute Gasteiger partial charge is 0.0766 e. The van der Waals surface area contributed by atoms with Gasteiger partial charge in [0.15, 0.2) is 0 Å². The number of hydrogen-bond acceptors (Lipinski definition) is 2. The number of likely N-dealkylation sites (N-methyl/N-ethyl adjacent to an activating group) is 1. The zero-order valence-electron chi connectivity index (χ0n) is 13.3. The number of halogens is 1. The molecular formula is C17H24BrN3. The molecule has 0 saturated carbocycles. The first-order valence-electron chi connectivity index (χ1n) is 7.48. The van der Waals surface area contributed by atoms with Crippen LogP contribution < -0.4 is 5.32 Å². The van der Waals surface area contributed by atoms with E-state index in [-0.39, 0.29) is 0 Å². The van der Waals surface area contributed by atoms with Gasteiger partial charge in [-0.25, -0.2) is 0 Å². The summed E-state index contributed by atoms with van der Waals surface area (Å²) < 4.78 is 3.19. The summed E-state index contributed by atoms with van der Waals surface area (Å²) in [5, 5.41) is 7.94. The minimum Gasteiger partial charge on any atom is -0.319 e. The molecule has 4 heteroatoms. The van der Waals surface area contributed by atoms with Crippen molar-refractivity contribution in [2.75, 3.05) is 13.6 Å². The molecular weight excluding hydrogens is 326 g/mol. The van der Waals surface area contributed by atoms with Crippen LogP contribution in [0.3, 0.4) is 0 Å². The standard InChI is InChI=1S/C17H24BrN3/c1-5-15-17(18)16(21(4)20-15)10-13(11-19-3)14-9-7-6-8-12(14)2/h6-9,13,19H,5,10-11H2,1-4H3. The zero-order chi connectivity index (χ0) is 15.4. The lowest BCUT2D eigenvalue weighted by Crippen LogP contribution is -2.21. The Morgan fingerprint density at radius 1 is 1.33 bits per heavy atom. The quantitative estimate of drug-likeness (QED) is 0.863. The second-order valence-corrected chi connectivity index (χ2v) is 6.29. The lowest BCUT2D eigenvalue weighted by molar-refractivity contribution is 0.587. The van der Waals surface area contributed by atoms with E-state index >= 15 is 0 Å². The normalized spacial score (nSPS) is 12.6. The van der Waals surface area contributed by atoms with Crippen LogP contribution >= 0.6 is 15.9 Å². The maximum Gasteiger partial charge on any atom is 0.0766 e. The number of aryl methyl sites for hydroxylation is 3. The van der Waals surface area contributed by atoms with Gasteiger partial charge in [0.25, 0.3) is 0 Å². The van der Waals surface area contributed by atoms with Crippen molar-refractivity contribution >= 4 is 15.9 Å². The highest BCUT2D eigenvalue weighted by Crippen LogP contribution is 2.29. The van der Waals surface area contributed by atoms with Crippen LogP contribution in [0.25, 0.3) is 0 Å². The van der Waals surface area contributed by atoms with Crippen LogP contribution in [0, 0.1) is 6.92 Å². The zero-order valence-corrected chi connectivity index (χ0v) is 14.9. The molecule has 1 N–H and O–H groups in total. The molecule has 0 fully saturated rings. The average molecular weight is 350 g/mol. The van der Waals surface area contributed by atoms with Crippen molar-refractivity contribution in [3.63, 3.8) is 0 Å². The summed E-state index contributed by atoms with van der Waals surface area (Å²) in [4.78, 5) is 0. The number of aromatic nitrogens is 2. The molecule has 1 heterocycles. The Morgan fingerprint density at radius 3 is 2.62 bits per heavy atom. The first-order valence-corrected chi connectivity index (χ1v) is 8.28. The van der Waals surface area contributed by atoms with Crippen molar-refractivity contribution in [3.05, 3.63) is 51.3 Å². The van der Waals surface area contributed by atoms with Crippen molar-refractivity contribution in [1.29, 1.82) is 0 Å². The molecule has 0 aliphatic heterocycles. The summed E-state index contributed by atoms with van der Waals surface area (Å²) in [5.41, 5.74) is 5.18. The molecule has 2 aromatic rings. The first-order chi connectivity index (χ1) is 10.1. The van der Waals surface area contributed by atoms with Crippen molar-refractivity contribution in [2.24, 2.45) is 7.05 Å². The Bertz CT molecular complexity index is 604. The lowest BCUT2D eigenvalue weighted by Gasteiger charge is -2.19. The van der Waals surface area contributed by atoms with Crippen LogP contribution in [0.1, 0.15) is 35.4 Å². The van der Waals surface area contributed by atoms with Gasteiger partial charge < -0.3 is 5.32 Å². The highest BCUT2D eigenvalue weighted by molar-refractivity contribution is 9.10. The molecule has 1 aromatic carbocycles. The van der Waals surface area contributed by atoms with Crippen LogP contribution in [0.4, 0.5) is 0 Å². The molecule has 3 nitrogen and oxygen atoms in total. The first kappa shape index (κ1) is 16.2. The van der Waals surface area contributed by atoms with Gasteiger partial charge in [0.1, 0.15) is 0 Å². The molecule has 1 aromatic heterocycles. The Morgan fingerprint density at radius 2 is 2.05 bits per heavy atom. The van der Waals surface area contributed by atoms with Gasteiger partial charge in [-0.2, -0.15) is 5.10 Å². The molecule has 0 aliphatic rings. The molecule has 114 valence electrons. The highest BCUT2D eigenvalue weighted by atomic mass is 79.9. The Labute approximate surface area is 135 Å². The van der Waals surface area contributed by atoms with Gasteiger partial charge >= 0.3 is 0 Å². The SMILES string of the molecule is CCc1nn(C)c(CC(CNC)c2ccccc2C)c1Br. The van der Waals surface area contributed by atoms with Crippen molar-refractivity contribution < 1.29 is 0 Å². The van der Waals surface area contributed by atoms with Crippen LogP contribution in [0.2, 0.25) is 0 Å². The molecule has 0 saturated heterocycles. The van der Waals surface area contributed by atoms with Crippen LogP contribution in [-0.2, 0) is 19.9 Å². The lowest BCUT2D eigenvalue weighted by atomic mass is 9.90. The molecule has 0 spiro atoms. The topological polar surface area (TPSA) is 29.9 Å². The van der Waals surface area contributed by atoms with E-state index in [9.17, 15) is 0 Å². The highest BCUT2D eigenvalue weighted by Gasteiger charge is 2.19. The van der Waals surface area contributed by atoms with E-state index in [2.05, 4.69) is 64.5 Å². The number of nitrogens with one attached hydrogen (secondary N) is 1. The monoisotopic (exact) mass is 349 g/mol. The fourth-order valence-electron chi connectivity index (χ4n) is 2.86. The average Bonchev–Trinajstić information content (AvgIpc) is 2.74. The van der Waals surface area contributed by atoms with Crippen molar-refractivity contribution in [1.82, 2.24) is 15.1 Å². The predicted octanol–water partition coefficient (Wildman–Crippen LogP) is 3.60. The fraction of sp³-hybridized carbons (Fsp3) is 0.471. The third-order valence-corrected chi connectivity index (χ3v) is 4.94. The number of hydrogen-bond donors (Lipinski definition) is 1. The van der Waals surface area contributed by atoms with Crippen molar-refractivity contribution in [3.8, 4) is 0 Å². The van der Waals surface area contributed by atoms with Gasteiger partial charge in [0.2, 0.25) is 0 Å². The maximum absolute atomic E-state index is 4.61. The van der Waals surface area contributed by atoms with Gasteiger partial charge in [-0.15, -0.1) is 0 Å². The van der Waals surface area contributed by atoms with Crippen LogP contribution in [0.5, 0.6) is 0 Å². The molecule has 2 rings (SSSR count). The summed E-state index contributed by atoms with van der Waals surface area (Å²) in [6.45, 7) is 5.29. The van der Waals surface area contributed by atoms with E-state index in [4.69, 9.17) is 0 Å². The summed E-state index contributed by atoms with van der Waals surface area (Å²) in [6.07, 6.45) is 1.94. The minimum atomic E-state index is 0.451. The van der Waals surface area contributed by atoms with Gasteiger partial charge in [0.05, 0.1) is 15.9 Å². The molecule has 0 aliphatic carbocycles. The Hall–Kier alpha value is -1.13. The van der Waals surface area contributed by atoms with E-state index in [1.807, 2.05) is 18.8 Å². The number of rotatable bonds is 6. The molecule has 1 atom stereocenters. The van der Waals surface area contributed by atoms with Gasteiger partial charge in [-0.1, -0.05) is 31.2 Å². The third-order valence-electron chi connectivity index (χ3n) is 4.02. The predicted molar refractivity (Wildman–Crippen MR) is 91.8 cm³/mol. The molecule has 21 heavy (non-hydrogen) atoms. The minimum absolute atomic E-state index is 0.451. The van der Waals surface area contributed by atoms with Crippen molar-refractivity contribution in [2.45, 2.75) is 32.6 Å². The van der Waals surface area contributed by atoms with Gasteiger partial charge in [-0.3, -0.25) is 4.68 Å². The van der Waals surface area contributed by atoms with Gasteiger partial charge in [0, 0.05) is 19.5 Å². The molecule has 0 amide bonds. The van der Waals surface area contributed by atoms with E-state index < -0.39 is 0 Å². The number of nitrogens with zero attached hydrogens (tertiary/aromatic N) is 2. The fourth-order valence-corrected chi connectivity index (χ4v) is 3.64. The second-order valence-electron chi connectivity index (χ2n) is 5.50. The molecule has 1 unspecified atom stereocenters. The summed E-state index contributed by atoms with van der Waals surface area (Å²) in [5.74, 6) is 0.451. The van der Waals surface area contributed by atoms with Crippen LogP contribution in [-0.4, -0.2) is 23.4 Å². The van der Waals surface area contributed by atoms with Crippen LogP contribution in [0.15, 0.2) is 28.7 Å². The number of benzene rings is 1. The van der Waals surface area contributed by atoms with Gasteiger partial charge in [-0.05, 0) is 53.9 Å². The Balaban J connectivity index is 2.33. The largest absolute Gasteiger partial charge is 0.319 e. The van der Waals surface area contributed by atoms with E-state index in [1.54, 1.807) is 0 Å². The summed E-state index contributed by atoms with van der Waals surface area (Å²) in [6, 6.07) is 8.65. The summed E-state index contributed by atoms with van der Waals surface area (Å²) >= 11 is 3.73. The molecule has 0 bridgehead atoms. The van der Waals surface area contributed by atoms with E-state index in [1.165, 1.54) is 21.3 Å². The molecule has 0 radical (unpaired) electrons.